The summed E-state index contributed by atoms with van der Waals surface area (Å²) in [5.74, 6) is 0.701. The van der Waals surface area contributed by atoms with Gasteiger partial charge in [-0.3, -0.25) is 5.32 Å². The maximum absolute atomic E-state index is 11.8. The third kappa shape index (κ3) is 6.11. The van der Waals surface area contributed by atoms with Gasteiger partial charge in [-0.25, -0.2) is 9.78 Å². The fourth-order valence-corrected chi connectivity index (χ4v) is 3.96. The lowest BCUT2D eigenvalue weighted by Gasteiger charge is -2.19. The number of aromatic nitrogens is 2. The van der Waals surface area contributed by atoms with Gasteiger partial charge in [0.05, 0.1) is 11.7 Å². The van der Waals surface area contributed by atoms with E-state index in [1.54, 1.807) is 12.3 Å². The lowest BCUT2D eigenvalue weighted by atomic mass is 10.0. The molecule has 0 bridgehead atoms. The number of H-pyrrole nitrogens is 1. The molecule has 34 heavy (non-hydrogen) atoms. The smallest absolute Gasteiger partial charge is 0.408 e. The second kappa shape index (κ2) is 10.1. The molecule has 7 nitrogen and oxygen atoms in total. The number of fused-ring (bicyclic) bond motifs is 3. The van der Waals surface area contributed by atoms with E-state index in [1.165, 1.54) is 0 Å². The molecule has 2 aromatic carbocycles. The fraction of sp³-hybridized carbons (Fsp3) is 0.280. The van der Waals surface area contributed by atoms with Crippen molar-refractivity contribution in [3.05, 3.63) is 64.3 Å². The van der Waals surface area contributed by atoms with Crippen molar-refractivity contribution in [2.75, 3.05) is 18.5 Å². The summed E-state index contributed by atoms with van der Waals surface area (Å²) in [6.45, 7) is 6.47. The van der Waals surface area contributed by atoms with E-state index >= 15 is 0 Å². The molecule has 0 fully saturated rings. The number of ether oxygens (including phenoxy) is 1. The number of hydrogen-bond acceptors (Lipinski definition) is 5. The molecule has 0 atom stereocenters. The first-order valence-corrected chi connectivity index (χ1v) is 11.7. The minimum absolute atomic E-state index is 0.313. The topological polar surface area (TPSA) is 91.1 Å². The highest BCUT2D eigenvalue weighted by Gasteiger charge is 2.15. The number of rotatable bonds is 7. The van der Waals surface area contributed by atoms with Crippen molar-refractivity contribution in [2.45, 2.75) is 32.8 Å². The second-order valence-corrected chi connectivity index (χ2v) is 9.84. The Hall–Kier alpha value is -3.00. The Kier molecular flexibility index (Phi) is 7.16. The van der Waals surface area contributed by atoms with Crippen molar-refractivity contribution < 1.29 is 9.53 Å². The minimum Gasteiger partial charge on any atom is -0.444 e. The number of carbonyl (C=O) groups excluding carboxylic acids is 1. The molecule has 0 saturated heterocycles. The molecule has 1 amide bonds. The van der Waals surface area contributed by atoms with Crippen LogP contribution < -0.4 is 16.0 Å². The molecule has 0 aliphatic carbocycles. The van der Waals surface area contributed by atoms with Gasteiger partial charge in [-0.2, -0.15) is 0 Å². The lowest BCUT2D eigenvalue weighted by Crippen LogP contribution is -2.38. The van der Waals surface area contributed by atoms with E-state index in [0.717, 1.165) is 39.5 Å². The van der Waals surface area contributed by atoms with E-state index in [-0.39, 0.29) is 0 Å². The Morgan fingerprint density at radius 1 is 1.06 bits per heavy atom. The number of amides is 1. The van der Waals surface area contributed by atoms with E-state index in [1.807, 2.05) is 45.0 Å². The zero-order chi connectivity index (χ0) is 24.3. The number of halogens is 2. The maximum Gasteiger partial charge on any atom is 0.408 e. The van der Waals surface area contributed by atoms with Crippen molar-refractivity contribution in [2.24, 2.45) is 0 Å². The van der Waals surface area contributed by atoms with Gasteiger partial charge in [-0.15, -0.1) is 0 Å². The number of pyridine rings is 1. The summed E-state index contributed by atoms with van der Waals surface area (Å²) in [5, 5.41) is 12.7. The first kappa shape index (κ1) is 24.1. The second-order valence-electron chi connectivity index (χ2n) is 8.96. The predicted molar refractivity (Wildman–Crippen MR) is 139 cm³/mol. The van der Waals surface area contributed by atoms with Crippen LogP contribution in [0.3, 0.4) is 0 Å². The first-order chi connectivity index (χ1) is 16.2. The van der Waals surface area contributed by atoms with E-state index in [2.05, 4.69) is 38.1 Å². The van der Waals surface area contributed by atoms with Crippen molar-refractivity contribution in [1.29, 1.82) is 0 Å². The molecule has 0 spiro atoms. The highest BCUT2D eigenvalue weighted by Crippen LogP contribution is 2.33. The Morgan fingerprint density at radius 2 is 1.85 bits per heavy atom. The molecule has 0 aliphatic rings. The number of hydrogen-bond donors (Lipinski definition) is 4. The fourth-order valence-electron chi connectivity index (χ4n) is 3.67. The van der Waals surface area contributed by atoms with Crippen LogP contribution in [0.4, 0.5) is 16.3 Å². The summed E-state index contributed by atoms with van der Waals surface area (Å²) < 4.78 is 5.25. The van der Waals surface area contributed by atoms with Crippen LogP contribution in [0.5, 0.6) is 0 Å². The number of alkyl carbamates (subject to hydrolysis) is 1. The summed E-state index contributed by atoms with van der Waals surface area (Å²) >= 11 is 12.2. The molecule has 9 heteroatoms. The van der Waals surface area contributed by atoms with Gasteiger partial charge in [-0.1, -0.05) is 23.2 Å². The van der Waals surface area contributed by atoms with Gasteiger partial charge in [0, 0.05) is 45.3 Å². The third-order valence-corrected chi connectivity index (χ3v) is 5.54. The zero-order valence-corrected chi connectivity index (χ0v) is 20.8. The summed E-state index contributed by atoms with van der Waals surface area (Å²) in [6, 6.07) is 13.6. The molecular formula is C25H27Cl2N5O2. The van der Waals surface area contributed by atoms with Gasteiger partial charge >= 0.3 is 6.09 Å². The van der Waals surface area contributed by atoms with E-state index in [0.29, 0.717) is 29.1 Å². The van der Waals surface area contributed by atoms with Crippen molar-refractivity contribution in [3.8, 4) is 0 Å². The SMILES string of the molecule is CC(C)(C)OC(=O)NCNCCc1cc(Nc2ccc(Cl)cn2)cc2c1[nH]c1ccc(Cl)cc12. The lowest BCUT2D eigenvalue weighted by molar-refractivity contribution is 0.0524. The Labute approximate surface area is 208 Å². The highest BCUT2D eigenvalue weighted by molar-refractivity contribution is 6.32. The molecule has 0 aliphatic heterocycles. The molecule has 0 radical (unpaired) electrons. The number of nitrogens with zero attached hydrogens (tertiary/aromatic N) is 1. The molecule has 4 aromatic rings. The standard InChI is InChI=1S/C25H27Cl2N5O2/c1-25(2,3)34-24(33)30-14-28-9-8-15-10-18(31-22-7-5-17(27)13-29-22)12-20-19-11-16(26)4-6-21(19)32-23(15)20/h4-7,10-13,28,32H,8-9,14H2,1-3H3,(H,29,31)(H,30,33). The van der Waals surface area contributed by atoms with Gasteiger partial charge < -0.3 is 20.4 Å². The highest BCUT2D eigenvalue weighted by atomic mass is 35.5. The van der Waals surface area contributed by atoms with Gasteiger partial charge in [0.25, 0.3) is 0 Å². The van der Waals surface area contributed by atoms with Gasteiger partial charge in [0.1, 0.15) is 11.4 Å². The number of nitrogens with one attached hydrogen (secondary N) is 4. The largest absolute Gasteiger partial charge is 0.444 e. The van der Waals surface area contributed by atoms with Crippen LogP contribution in [0.25, 0.3) is 21.8 Å². The molecule has 4 rings (SSSR count). The van der Waals surface area contributed by atoms with Gasteiger partial charge in [0.2, 0.25) is 0 Å². The molecular weight excluding hydrogens is 473 g/mol. The molecule has 0 unspecified atom stereocenters. The van der Waals surface area contributed by atoms with Crippen LogP contribution in [0, 0.1) is 0 Å². The van der Waals surface area contributed by atoms with Crippen LogP contribution in [0.1, 0.15) is 26.3 Å². The van der Waals surface area contributed by atoms with Crippen molar-refractivity contribution >= 4 is 62.6 Å². The molecule has 2 aromatic heterocycles. The van der Waals surface area contributed by atoms with E-state index in [9.17, 15) is 4.79 Å². The number of benzene rings is 2. The number of anilines is 2. The first-order valence-electron chi connectivity index (χ1n) is 11.0. The van der Waals surface area contributed by atoms with Crippen LogP contribution in [0.2, 0.25) is 10.0 Å². The molecule has 0 saturated carbocycles. The van der Waals surface area contributed by atoms with Crippen LogP contribution in [-0.2, 0) is 11.2 Å². The average molecular weight is 500 g/mol. The molecule has 4 N–H and O–H groups in total. The minimum atomic E-state index is -0.527. The Balaban J connectivity index is 1.54. The Bertz CT molecular complexity index is 1310. The molecule has 178 valence electrons. The van der Waals surface area contributed by atoms with E-state index < -0.39 is 11.7 Å². The van der Waals surface area contributed by atoms with E-state index in [4.69, 9.17) is 27.9 Å². The number of carbonyl (C=O) groups is 1. The predicted octanol–water partition coefficient (Wildman–Crippen LogP) is 6.38. The van der Waals surface area contributed by atoms with Gasteiger partial charge in [0.15, 0.2) is 0 Å². The van der Waals surface area contributed by atoms with Crippen LogP contribution in [0.15, 0.2) is 48.7 Å². The summed E-state index contributed by atoms with van der Waals surface area (Å²) in [5.41, 5.74) is 3.56. The Morgan fingerprint density at radius 3 is 2.59 bits per heavy atom. The zero-order valence-electron chi connectivity index (χ0n) is 19.3. The van der Waals surface area contributed by atoms with Crippen LogP contribution >= 0.6 is 23.2 Å². The summed E-state index contributed by atoms with van der Waals surface area (Å²) in [7, 11) is 0. The molecule has 2 heterocycles. The monoisotopic (exact) mass is 499 g/mol. The maximum atomic E-state index is 11.8. The third-order valence-electron chi connectivity index (χ3n) is 5.08. The average Bonchev–Trinajstić information content (AvgIpc) is 3.12. The normalized spacial score (nSPS) is 11.7. The van der Waals surface area contributed by atoms with Crippen molar-refractivity contribution in [1.82, 2.24) is 20.6 Å². The van der Waals surface area contributed by atoms with Gasteiger partial charge in [-0.05, 0) is 75.2 Å². The summed E-state index contributed by atoms with van der Waals surface area (Å²) in [4.78, 5) is 19.7. The number of aromatic amines is 1. The van der Waals surface area contributed by atoms with Crippen LogP contribution in [-0.4, -0.2) is 34.9 Å². The van der Waals surface area contributed by atoms with Crippen molar-refractivity contribution in [3.63, 3.8) is 0 Å². The summed E-state index contributed by atoms with van der Waals surface area (Å²) in [6.07, 6.45) is 1.89. The quantitative estimate of drug-likeness (QED) is 0.175.